The second kappa shape index (κ2) is 7.89. The van der Waals surface area contributed by atoms with Crippen molar-refractivity contribution >= 4 is 0 Å². The van der Waals surface area contributed by atoms with Crippen molar-refractivity contribution in [2.45, 2.75) is 18.6 Å². The molecular formula is C24H22FN3O2. The maximum absolute atomic E-state index is 13.6. The van der Waals surface area contributed by atoms with E-state index in [-0.39, 0.29) is 18.0 Å². The van der Waals surface area contributed by atoms with Gasteiger partial charge in [0.05, 0.1) is 24.6 Å². The van der Waals surface area contributed by atoms with Crippen LogP contribution >= 0.6 is 0 Å². The van der Waals surface area contributed by atoms with Crippen LogP contribution in [0.2, 0.25) is 0 Å². The van der Waals surface area contributed by atoms with Crippen LogP contribution in [0.1, 0.15) is 23.6 Å². The largest absolute Gasteiger partial charge is 0.463 e. The van der Waals surface area contributed by atoms with E-state index in [1.807, 2.05) is 36.5 Å². The van der Waals surface area contributed by atoms with Gasteiger partial charge in [0.15, 0.2) is 5.76 Å². The summed E-state index contributed by atoms with van der Waals surface area (Å²) in [5.41, 5.74) is 4.71. The van der Waals surface area contributed by atoms with E-state index in [0.29, 0.717) is 6.54 Å². The predicted molar refractivity (Wildman–Crippen MR) is 112 cm³/mol. The zero-order valence-corrected chi connectivity index (χ0v) is 16.3. The van der Waals surface area contributed by atoms with Gasteiger partial charge in [-0.05, 0) is 47.4 Å². The first-order chi connectivity index (χ1) is 14.7. The normalized spacial score (nSPS) is 18.0. The minimum absolute atomic E-state index is 0.0810. The third-order valence-electron chi connectivity index (χ3n) is 5.68. The molecule has 0 aliphatic carbocycles. The Balaban J connectivity index is 1.54. The predicted octanol–water partition coefficient (Wildman–Crippen LogP) is 4.63. The third-order valence-corrected chi connectivity index (χ3v) is 5.68. The number of likely N-dealkylation sites (tertiary alicyclic amines) is 1. The van der Waals surface area contributed by atoms with Crippen LogP contribution in [0.25, 0.3) is 22.6 Å². The minimum Gasteiger partial charge on any atom is -0.463 e. The number of aromatic nitrogens is 2. The van der Waals surface area contributed by atoms with Gasteiger partial charge in [-0.2, -0.15) is 5.10 Å². The van der Waals surface area contributed by atoms with Crippen molar-refractivity contribution in [3.63, 3.8) is 0 Å². The van der Waals surface area contributed by atoms with Crippen LogP contribution in [0, 0.1) is 5.82 Å². The number of nitrogens with zero attached hydrogens (tertiary/aromatic N) is 2. The molecule has 0 amide bonds. The Morgan fingerprint density at radius 1 is 1.10 bits per heavy atom. The van der Waals surface area contributed by atoms with E-state index in [1.165, 1.54) is 12.1 Å². The molecule has 5 nitrogen and oxygen atoms in total. The number of furan rings is 1. The maximum atomic E-state index is 13.6. The van der Waals surface area contributed by atoms with Gasteiger partial charge in [0.1, 0.15) is 11.5 Å². The summed E-state index contributed by atoms with van der Waals surface area (Å²) < 4.78 is 19.2. The van der Waals surface area contributed by atoms with Crippen molar-refractivity contribution in [1.29, 1.82) is 0 Å². The molecule has 0 bridgehead atoms. The van der Waals surface area contributed by atoms with Gasteiger partial charge in [-0.1, -0.05) is 36.4 Å². The van der Waals surface area contributed by atoms with E-state index in [2.05, 4.69) is 27.2 Å². The van der Waals surface area contributed by atoms with Crippen molar-refractivity contribution < 1.29 is 13.9 Å². The lowest BCUT2D eigenvalue weighted by molar-refractivity contribution is 0.167. The number of aromatic amines is 1. The number of hydrogen-bond acceptors (Lipinski definition) is 4. The third kappa shape index (κ3) is 3.56. The fourth-order valence-corrected chi connectivity index (χ4v) is 4.24. The molecule has 4 aromatic rings. The smallest absolute Gasteiger partial charge is 0.151 e. The Kier molecular flexibility index (Phi) is 4.94. The van der Waals surface area contributed by atoms with Crippen LogP contribution in [0.4, 0.5) is 4.39 Å². The van der Waals surface area contributed by atoms with Gasteiger partial charge < -0.3 is 9.52 Å². The van der Waals surface area contributed by atoms with Crippen LogP contribution in [-0.4, -0.2) is 39.4 Å². The van der Waals surface area contributed by atoms with Gasteiger partial charge in [0.2, 0.25) is 0 Å². The number of benzene rings is 2. The van der Waals surface area contributed by atoms with Crippen LogP contribution in [0.5, 0.6) is 0 Å². The Morgan fingerprint density at radius 3 is 2.67 bits per heavy atom. The van der Waals surface area contributed by atoms with Crippen LogP contribution in [0.3, 0.4) is 0 Å². The average molecular weight is 403 g/mol. The lowest BCUT2D eigenvalue weighted by atomic mass is 9.94. The van der Waals surface area contributed by atoms with Crippen molar-refractivity contribution in [3.05, 3.63) is 90.1 Å². The summed E-state index contributed by atoms with van der Waals surface area (Å²) in [7, 11) is 0. The van der Waals surface area contributed by atoms with Gasteiger partial charge in [0.25, 0.3) is 0 Å². The Labute approximate surface area is 173 Å². The van der Waals surface area contributed by atoms with E-state index in [0.717, 1.165) is 46.7 Å². The standard InChI is InChI=1S/C24H22FN3O2/c25-19-4-1-3-18(13-19)16-6-8-17(9-7-16)24(28-11-10-20(29)15-28)21-14-26-27-23(21)22-5-2-12-30-22/h1-9,12-14,20,24,29H,10-11,15H2,(H,26,27). The number of aliphatic hydroxyl groups excluding tert-OH is 1. The molecule has 1 fully saturated rings. The Bertz CT molecular complexity index is 1120. The molecular weight excluding hydrogens is 381 g/mol. The molecule has 2 aromatic heterocycles. The first-order valence-electron chi connectivity index (χ1n) is 10.0. The van der Waals surface area contributed by atoms with Crippen molar-refractivity contribution in [3.8, 4) is 22.6 Å². The number of aliphatic hydroxyl groups is 1. The molecule has 30 heavy (non-hydrogen) atoms. The molecule has 152 valence electrons. The maximum Gasteiger partial charge on any atom is 0.151 e. The van der Waals surface area contributed by atoms with Crippen LogP contribution < -0.4 is 0 Å². The molecule has 1 aliphatic heterocycles. The highest BCUT2D eigenvalue weighted by molar-refractivity contribution is 5.64. The van der Waals surface area contributed by atoms with Crippen LogP contribution in [0.15, 0.2) is 77.5 Å². The molecule has 0 saturated carbocycles. The van der Waals surface area contributed by atoms with Gasteiger partial charge in [-0.15, -0.1) is 0 Å². The molecule has 1 aliphatic rings. The second-order valence-corrected chi connectivity index (χ2v) is 7.65. The zero-order valence-electron chi connectivity index (χ0n) is 16.3. The highest BCUT2D eigenvalue weighted by Crippen LogP contribution is 2.37. The van der Waals surface area contributed by atoms with E-state index in [4.69, 9.17) is 4.42 Å². The van der Waals surface area contributed by atoms with E-state index in [1.54, 1.807) is 12.3 Å². The number of hydrogen-bond donors (Lipinski definition) is 2. The molecule has 0 spiro atoms. The number of rotatable bonds is 5. The van der Waals surface area contributed by atoms with E-state index >= 15 is 0 Å². The number of halogens is 1. The second-order valence-electron chi connectivity index (χ2n) is 7.65. The van der Waals surface area contributed by atoms with Crippen LogP contribution in [-0.2, 0) is 0 Å². The molecule has 5 rings (SSSR count). The Morgan fingerprint density at radius 2 is 1.97 bits per heavy atom. The quantitative estimate of drug-likeness (QED) is 0.510. The average Bonchev–Trinajstić information content (AvgIpc) is 3.51. The molecule has 3 heterocycles. The monoisotopic (exact) mass is 403 g/mol. The molecule has 6 heteroatoms. The van der Waals surface area contributed by atoms with Gasteiger partial charge >= 0.3 is 0 Å². The number of nitrogens with one attached hydrogen (secondary N) is 1. The summed E-state index contributed by atoms with van der Waals surface area (Å²) in [4.78, 5) is 2.26. The molecule has 2 aromatic carbocycles. The topological polar surface area (TPSA) is 65.3 Å². The highest BCUT2D eigenvalue weighted by Gasteiger charge is 2.32. The van der Waals surface area contributed by atoms with E-state index < -0.39 is 0 Å². The van der Waals surface area contributed by atoms with Gasteiger partial charge in [-0.3, -0.25) is 10.00 Å². The number of β-amino-alcohol motifs (C(OH)–C–C–N with tert-alkyl or cyclic N) is 1. The number of H-pyrrole nitrogens is 1. The fourth-order valence-electron chi connectivity index (χ4n) is 4.24. The summed E-state index contributed by atoms with van der Waals surface area (Å²) in [6.07, 6.45) is 3.88. The summed E-state index contributed by atoms with van der Waals surface area (Å²) in [5.74, 6) is 0.477. The lowest BCUT2D eigenvalue weighted by Gasteiger charge is -2.28. The zero-order chi connectivity index (χ0) is 20.5. The molecule has 0 radical (unpaired) electrons. The molecule has 1 saturated heterocycles. The summed E-state index contributed by atoms with van der Waals surface area (Å²) in [6, 6.07) is 18.4. The SMILES string of the molecule is OC1CCN(C(c2ccc(-c3cccc(F)c3)cc2)c2cn[nH]c2-c2ccco2)C1. The van der Waals surface area contributed by atoms with Gasteiger partial charge in [0, 0.05) is 18.7 Å². The van der Waals surface area contributed by atoms with Crippen molar-refractivity contribution in [2.75, 3.05) is 13.1 Å². The molecule has 2 N–H and O–H groups in total. The van der Waals surface area contributed by atoms with Crippen molar-refractivity contribution in [1.82, 2.24) is 15.1 Å². The Hall–Kier alpha value is -3.22. The van der Waals surface area contributed by atoms with E-state index in [9.17, 15) is 9.50 Å². The van der Waals surface area contributed by atoms with Crippen molar-refractivity contribution in [2.24, 2.45) is 0 Å². The molecule has 2 atom stereocenters. The van der Waals surface area contributed by atoms with Gasteiger partial charge in [-0.25, -0.2) is 4.39 Å². The summed E-state index contributed by atoms with van der Waals surface area (Å²) >= 11 is 0. The minimum atomic E-state index is -0.335. The first kappa shape index (κ1) is 18.8. The summed E-state index contributed by atoms with van der Waals surface area (Å²) in [5, 5.41) is 17.5. The summed E-state index contributed by atoms with van der Waals surface area (Å²) in [6.45, 7) is 1.39. The highest BCUT2D eigenvalue weighted by atomic mass is 19.1. The fraction of sp³-hybridized carbons (Fsp3) is 0.208. The lowest BCUT2D eigenvalue weighted by Crippen LogP contribution is -2.28. The first-order valence-corrected chi connectivity index (χ1v) is 10.0. The molecule has 2 unspecified atom stereocenters.